The molecule has 0 aliphatic rings. The molecule has 0 aromatic carbocycles. The van der Waals surface area contributed by atoms with Crippen molar-refractivity contribution in [2.75, 3.05) is 14.1 Å². The first-order valence-corrected chi connectivity index (χ1v) is 8.94. The number of aromatic nitrogens is 3. The van der Waals surface area contributed by atoms with E-state index in [1.54, 1.807) is 18.5 Å². The highest BCUT2D eigenvalue weighted by atomic mass is 32.1. The molecule has 128 valence electrons. The van der Waals surface area contributed by atoms with Crippen LogP contribution in [0.4, 0.5) is 0 Å². The number of thiazole rings is 1. The Bertz CT molecular complexity index is 735. The van der Waals surface area contributed by atoms with Crippen LogP contribution in [-0.4, -0.2) is 39.7 Å². The van der Waals surface area contributed by atoms with E-state index in [0.29, 0.717) is 17.8 Å². The van der Waals surface area contributed by atoms with E-state index >= 15 is 0 Å². The molecule has 6 heteroatoms. The third-order valence-electron chi connectivity index (χ3n) is 3.86. The van der Waals surface area contributed by atoms with Crippen molar-refractivity contribution in [2.24, 2.45) is 0 Å². The minimum atomic E-state index is 0.150. The van der Waals surface area contributed by atoms with Gasteiger partial charge in [0.05, 0.1) is 11.3 Å². The van der Waals surface area contributed by atoms with Crippen molar-refractivity contribution in [2.45, 2.75) is 40.0 Å². The lowest BCUT2D eigenvalue weighted by Crippen LogP contribution is -2.15. The Morgan fingerprint density at radius 3 is 2.50 bits per heavy atom. The zero-order valence-electron chi connectivity index (χ0n) is 15.0. The summed E-state index contributed by atoms with van der Waals surface area (Å²) in [6, 6.07) is 1.78. The van der Waals surface area contributed by atoms with Crippen LogP contribution in [0.25, 0.3) is 16.4 Å². The number of hydrogen-bond donors (Lipinski definition) is 0. The van der Waals surface area contributed by atoms with E-state index in [1.807, 2.05) is 32.8 Å². The van der Waals surface area contributed by atoms with Crippen LogP contribution in [0.3, 0.4) is 0 Å². The summed E-state index contributed by atoms with van der Waals surface area (Å²) in [5, 5.41) is 0.746. The summed E-state index contributed by atoms with van der Waals surface area (Å²) < 4.78 is 0. The van der Waals surface area contributed by atoms with Gasteiger partial charge >= 0.3 is 0 Å². The van der Waals surface area contributed by atoms with Crippen LogP contribution >= 0.6 is 11.3 Å². The molecule has 0 aliphatic heterocycles. The van der Waals surface area contributed by atoms with Gasteiger partial charge in [-0.2, -0.15) is 0 Å². The predicted octanol–water partition coefficient (Wildman–Crippen LogP) is 3.96. The van der Waals surface area contributed by atoms with Crippen molar-refractivity contribution in [1.82, 2.24) is 19.9 Å². The van der Waals surface area contributed by atoms with E-state index in [2.05, 4.69) is 16.9 Å². The first kappa shape index (κ1) is 18.3. The molecule has 5 nitrogen and oxygen atoms in total. The van der Waals surface area contributed by atoms with Gasteiger partial charge in [-0.05, 0) is 26.3 Å². The fourth-order valence-electron chi connectivity index (χ4n) is 2.32. The van der Waals surface area contributed by atoms with Crippen molar-refractivity contribution in [1.29, 1.82) is 0 Å². The van der Waals surface area contributed by atoms with Crippen LogP contribution in [0.5, 0.6) is 0 Å². The maximum Gasteiger partial charge on any atom is 0.188 e. The largest absolute Gasteiger partial charge is 0.381 e. The molecular weight excluding hydrogens is 320 g/mol. The van der Waals surface area contributed by atoms with Gasteiger partial charge in [0.2, 0.25) is 0 Å². The van der Waals surface area contributed by atoms with E-state index in [-0.39, 0.29) is 5.78 Å². The molecule has 2 aromatic rings. The summed E-state index contributed by atoms with van der Waals surface area (Å²) in [7, 11) is 3.90. The number of aryl methyl sites for hydroxylation is 1. The van der Waals surface area contributed by atoms with E-state index in [9.17, 15) is 4.79 Å². The Hall–Kier alpha value is -2.08. The minimum Gasteiger partial charge on any atom is -0.381 e. The van der Waals surface area contributed by atoms with Crippen LogP contribution in [0.2, 0.25) is 0 Å². The van der Waals surface area contributed by atoms with Crippen LogP contribution in [0.1, 0.15) is 43.7 Å². The molecule has 0 spiro atoms. The summed E-state index contributed by atoms with van der Waals surface area (Å²) in [5.41, 5.74) is 2.41. The lowest BCUT2D eigenvalue weighted by molar-refractivity contribution is -0.113. The number of allylic oxidation sites excluding steroid dienone is 2. The first-order valence-electron chi connectivity index (χ1n) is 8.12. The lowest BCUT2D eigenvalue weighted by atomic mass is 10.00. The second-order valence-corrected chi connectivity index (χ2v) is 7.08. The summed E-state index contributed by atoms with van der Waals surface area (Å²) in [5.74, 6) is 0.747. The second kappa shape index (κ2) is 8.15. The minimum absolute atomic E-state index is 0.150. The molecule has 0 unspecified atom stereocenters. The lowest BCUT2D eigenvalue weighted by Gasteiger charge is -2.18. The van der Waals surface area contributed by atoms with E-state index in [1.165, 1.54) is 11.3 Å². The van der Waals surface area contributed by atoms with E-state index in [4.69, 9.17) is 4.98 Å². The molecule has 24 heavy (non-hydrogen) atoms. The fraction of sp³-hybridized carbons (Fsp3) is 0.444. The maximum atomic E-state index is 12.8. The van der Waals surface area contributed by atoms with Gasteiger partial charge in [0.25, 0.3) is 0 Å². The molecule has 0 amide bonds. The SMILES string of the molecule is CCCCC(=O)/C(=C(/C)N(C)C)c1nc(-c2ncccn2)sc1C. The molecule has 0 saturated carbocycles. The highest BCUT2D eigenvalue weighted by molar-refractivity contribution is 7.15. The Balaban J connectivity index is 2.50. The molecule has 2 aromatic heterocycles. The van der Waals surface area contributed by atoms with Gasteiger partial charge in [0.15, 0.2) is 16.6 Å². The number of hydrogen-bond acceptors (Lipinski definition) is 6. The van der Waals surface area contributed by atoms with Gasteiger partial charge in [-0.1, -0.05) is 13.3 Å². The Morgan fingerprint density at radius 2 is 1.92 bits per heavy atom. The van der Waals surface area contributed by atoms with Gasteiger partial charge < -0.3 is 4.90 Å². The number of ketones is 1. The number of Topliss-reactive ketones (excluding diaryl/α,β-unsaturated/α-hetero) is 1. The number of nitrogens with zero attached hydrogens (tertiary/aromatic N) is 4. The normalized spacial score (nSPS) is 12.0. The molecule has 0 N–H and O–H groups in total. The van der Waals surface area contributed by atoms with Crippen LogP contribution < -0.4 is 0 Å². The zero-order valence-corrected chi connectivity index (χ0v) is 15.8. The predicted molar refractivity (Wildman–Crippen MR) is 98.7 cm³/mol. The monoisotopic (exact) mass is 344 g/mol. The zero-order chi connectivity index (χ0) is 17.7. The third kappa shape index (κ3) is 4.06. The summed E-state index contributed by atoms with van der Waals surface area (Å²) >= 11 is 1.53. The molecule has 0 radical (unpaired) electrons. The highest BCUT2D eigenvalue weighted by Crippen LogP contribution is 2.32. The molecular formula is C18H24N4OS. The fourth-order valence-corrected chi connectivity index (χ4v) is 3.19. The molecule has 0 aliphatic carbocycles. The molecule has 2 heterocycles. The van der Waals surface area contributed by atoms with Gasteiger partial charge in [0, 0.05) is 43.5 Å². The maximum absolute atomic E-state index is 12.8. The van der Waals surface area contributed by atoms with Crippen molar-refractivity contribution < 1.29 is 4.79 Å². The van der Waals surface area contributed by atoms with Gasteiger partial charge in [-0.15, -0.1) is 11.3 Å². The number of rotatable bonds is 7. The smallest absolute Gasteiger partial charge is 0.188 e. The summed E-state index contributed by atoms with van der Waals surface area (Å²) in [6.07, 6.45) is 5.84. The molecule has 2 rings (SSSR count). The van der Waals surface area contributed by atoms with Crippen molar-refractivity contribution in [3.8, 4) is 10.8 Å². The van der Waals surface area contributed by atoms with E-state index in [0.717, 1.165) is 34.1 Å². The van der Waals surface area contributed by atoms with Gasteiger partial charge in [-0.3, -0.25) is 4.79 Å². The third-order valence-corrected chi connectivity index (χ3v) is 4.83. The number of carbonyl (C=O) groups is 1. The molecule has 0 bridgehead atoms. The van der Waals surface area contributed by atoms with Crippen molar-refractivity contribution in [3.63, 3.8) is 0 Å². The van der Waals surface area contributed by atoms with Crippen molar-refractivity contribution in [3.05, 3.63) is 34.7 Å². The summed E-state index contributed by atoms with van der Waals surface area (Å²) in [4.78, 5) is 29.0. The first-order chi connectivity index (χ1) is 11.5. The Labute approximate surface area is 147 Å². The number of carbonyl (C=O) groups excluding carboxylic acids is 1. The second-order valence-electron chi connectivity index (χ2n) is 5.88. The van der Waals surface area contributed by atoms with Crippen LogP contribution in [0.15, 0.2) is 24.2 Å². The standard InChI is InChI=1S/C18H24N4OS/c1-6-7-9-14(23)15(12(2)22(4)5)16-13(3)24-18(21-16)17-19-10-8-11-20-17/h8,10-11H,6-7,9H2,1-5H3/b15-12+. The average Bonchev–Trinajstić information content (AvgIpc) is 2.95. The molecule has 0 fully saturated rings. The molecule has 0 saturated heterocycles. The van der Waals surface area contributed by atoms with Crippen LogP contribution in [0, 0.1) is 6.92 Å². The molecule has 0 atom stereocenters. The Kier molecular flexibility index (Phi) is 6.20. The quantitative estimate of drug-likeness (QED) is 0.712. The summed E-state index contributed by atoms with van der Waals surface area (Å²) in [6.45, 7) is 6.06. The van der Waals surface area contributed by atoms with Gasteiger partial charge in [-0.25, -0.2) is 15.0 Å². The Morgan fingerprint density at radius 1 is 1.25 bits per heavy atom. The topological polar surface area (TPSA) is 59.0 Å². The van der Waals surface area contributed by atoms with Crippen molar-refractivity contribution >= 4 is 22.7 Å². The number of unbranched alkanes of at least 4 members (excludes halogenated alkanes) is 1. The van der Waals surface area contributed by atoms with Gasteiger partial charge in [0.1, 0.15) is 0 Å². The average molecular weight is 344 g/mol. The van der Waals surface area contributed by atoms with E-state index < -0.39 is 0 Å². The highest BCUT2D eigenvalue weighted by Gasteiger charge is 2.22. The van der Waals surface area contributed by atoms with Crippen LogP contribution in [-0.2, 0) is 4.79 Å².